The van der Waals surface area contributed by atoms with Crippen molar-refractivity contribution in [1.82, 2.24) is 25.5 Å². The fourth-order valence-corrected chi connectivity index (χ4v) is 1.79. The molecule has 1 saturated carbocycles. The van der Waals surface area contributed by atoms with Crippen LogP contribution in [0, 0.1) is 11.8 Å². The molecule has 0 aromatic carbocycles. The van der Waals surface area contributed by atoms with E-state index < -0.39 is 0 Å². The SMILES string of the molecule is CC(C)C(CNC1CC1)Cc1nnn(C)n1. The predicted octanol–water partition coefficient (Wildman–Crippen LogP) is 0.777. The van der Waals surface area contributed by atoms with E-state index >= 15 is 0 Å². The third-order valence-corrected chi connectivity index (χ3v) is 3.18. The summed E-state index contributed by atoms with van der Waals surface area (Å²) < 4.78 is 0. The summed E-state index contributed by atoms with van der Waals surface area (Å²) in [6.45, 7) is 5.59. The number of hydrogen-bond donors (Lipinski definition) is 1. The molecule has 1 aromatic heterocycles. The smallest absolute Gasteiger partial charge is 0.175 e. The van der Waals surface area contributed by atoms with Crippen LogP contribution in [-0.4, -0.2) is 32.8 Å². The fourth-order valence-electron chi connectivity index (χ4n) is 1.79. The second kappa shape index (κ2) is 4.91. The lowest BCUT2D eigenvalue weighted by Crippen LogP contribution is -2.29. The van der Waals surface area contributed by atoms with Gasteiger partial charge in [-0.15, -0.1) is 10.2 Å². The largest absolute Gasteiger partial charge is 0.314 e. The summed E-state index contributed by atoms with van der Waals surface area (Å²) in [6.07, 6.45) is 3.60. The lowest BCUT2D eigenvalue weighted by atomic mass is 9.92. The van der Waals surface area contributed by atoms with E-state index in [2.05, 4.69) is 34.6 Å². The number of rotatable bonds is 6. The molecule has 1 fully saturated rings. The second-order valence-corrected chi connectivity index (χ2v) is 5.09. The maximum Gasteiger partial charge on any atom is 0.175 e. The van der Waals surface area contributed by atoms with Crippen LogP contribution in [0.5, 0.6) is 0 Å². The Balaban J connectivity index is 1.85. The van der Waals surface area contributed by atoms with Crippen LogP contribution in [0.15, 0.2) is 0 Å². The van der Waals surface area contributed by atoms with Gasteiger partial charge in [-0.05, 0) is 36.4 Å². The number of tetrazole rings is 1. The monoisotopic (exact) mass is 223 g/mol. The first-order valence-corrected chi connectivity index (χ1v) is 6.11. The van der Waals surface area contributed by atoms with Gasteiger partial charge < -0.3 is 5.32 Å². The summed E-state index contributed by atoms with van der Waals surface area (Å²) in [5, 5.41) is 15.8. The molecule has 1 unspecified atom stereocenters. The third kappa shape index (κ3) is 3.27. The molecule has 0 radical (unpaired) electrons. The summed E-state index contributed by atoms with van der Waals surface area (Å²) in [6, 6.07) is 0.774. The highest BCUT2D eigenvalue weighted by Gasteiger charge is 2.23. The highest BCUT2D eigenvalue weighted by atomic mass is 15.6. The van der Waals surface area contributed by atoms with Crippen molar-refractivity contribution in [2.24, 2.45) is 18.9 Å². The van der Waals surface area contributed by atoms with Crippen molar-refractivity contribution in [3.63, 3.8) is 0 Å². The molecule has 1 N–H and O–H groups in total. The Morgan fingerprint density at radius 1 is 1.44 bits per heavy atom. The van der Waals surface area contributed by atoms with Crippen molar-refractivity contribution < 1.29 is 0 Å². The van der Waals surface area contributed by atoms with Gasteiger partial charge in [0.25, 0.3) is 0 Å². The molecular formula is C11H21N5. The van der Waals surface area contributed by atoms with Gasteiger partial charge >= 0.3 is 0 Å². The van der Waals surface area contributed by atoms with Gasteiger partial charge in [-0.25, -0.2) is 0 Å². The number of aromatic nitrogens is 4. The lowest BCUT2D eigenvalue weighted by molar-refractivity contribution is 0.353. The zero-order chi connectivity index (χ0) is 11.5. The van der Waals surface area contributed by atoms with Crippen molar-refractivity contribution >= 4 is 0 Å². The summed E-state index contributed by atoms with van der Waals surface area (Å²) >= 11 is 0. The van der Waals surface area contributed by atoms with E-state index in [1.165, 1.54) is 17.6 Å². The van der Waals surface area contributed by atoms with E-state index in [0.717, 1.165) is 24.8 Å². The van der Waals surface area contributed by atoms with Gasteiger partial charge in [0, 0.05) is 12.5 Å². The molecule has 5 nitrogen and oxygen atoms in total. The van der Waals surface area contributed by atoms with Crippen molar-refractivity contribution in [1.29, 1.82) is 0 Å². The van der Waals surface area contributed by atoms with E-state index in [4.69, 9.17) is 0 Å². The summed E-state index contributed by atoms with van der Waals surface area (Å²) in [5.41, 5.74) is 0. The third-order valence-electron chi connectivity index (χ3n) is 3.18. The molecule has 0 bridgehead atoms. The number of aryl methyl sites for hydroxylation is 1. The van der Waals surface area contributed by atoms with Crippen LogP contribution in [0.4, 0.5) is 0 Å². The van der Waals surface area contributed by atoms with E-state index in [9.17, 15) is 0 Å². The van der Waals surface area contributed by atoms with Gasteiger partial charge in [-0.3, -0.25) is 0 Å². The number of nitrogens with zero attached hydrogens (tertiary/aromatic N) is 4. The maximum atomic E-state index is 4.24. The molecule has 1 heterocycles. The average molecular weight is 223 g/mol. The Morgan fingerprint density at radius 3 is 2.69 bits per heavy atom. The van der Waals surface area contributed by atoms with Crippen LogP contribution in [-0.2, 0) is 13.5 Å². The summed E-state index contributed by atoms with van der Waals surface area (Å²) in [7, 11) is 1.81. The zero-order valence-electron chi connectivity index (χ0n) is 10.3. The minimum Gasteiger partial charge on any atom is -0.314 e. The van der Waals surface area contributed by atoms with Gasteiger partial charge in [0.15, 0.2) is 5.82 Å². The van der Waals surface area contributed by atoms with E-state index in [1.54, 1.807) is 0 Å². The first kappa shape index (κ1) is 11.5. The normalized spacial score (nSPS) is 18.0. The molecule has 5 heteroatoms. The highest BCUT2D eigenvalue weighted by Crippen LogP contribution is 2.21. The average Bonchev–Trinajstić information content (AvgIpc) is 2.96. The first-order chi connectivity index (χ1) is 7.65. The Morgan fingerprint density at radius 2 is 2.19 bits per heavy atom. The van der Waals surface area contributed by atoms with Crippen LogP contribution in [0.1, 0.15) is 32.5 Å². The minimum absolute atomic E-state index is 0.602. The van der Waals surface area contributed by atoms with Gasteiger partial charge in [0.1, 0.15) is 0 Å². The summed E-state index contributed by atoms with van der Waals surface area (Å²) in [5.74, 6) is 2.11. The zero-order valence-corrected chi connectivity index (χ0v) is 10.3. The maximum absolute atomic E-state index is 4.24. The molecule has 1 aromatic rings. The molecule has 0 saturated heterocycles. The standard InChI is InChI=1S/C11H21N5/c1-8(2)9(7-12-10-4-5-10)6-11-13-15-16(3)14-11/h8-10,12H,4-7H2,1-3H3. The quantitative estimate of drug-likeness (QED) is 0.774. The van der Waals surface area contributed by atoms with Crippen molar-refractivity contribution in [2.75, 3.05) is 6.54 Å². The van der Waals surface area contributed by atoms with E-state index in [1.807, 2.05) is 7.05 Å². The van der Waals surface area contributed by atoms with Gasteiger partial charge in [-0.1, -0.05) is 13.8 Å². The van der Waals surface area contributed by atoms with Crippen LogP contribution in [0.3, 0.4) is 0 Å². The van der Waals surface area contributed by atoms with Crippen molar-refractivity contribution in [2.45, 2.75) is 39.2 Å². The fraction of sp³-hybridized carbons (Fsp3) is 0.909. The predicted molar refractivity (Wildman–Crippen MR) is 61.9 cm³/mol. The first-order valence-electron chi connectivity index (χ1n) is 6.11. The molecular weight excluding hydrogens is 202 g/mol. The van der Waals surface area contributed by atoms with E-state index in [-0.39, 0.29) is 0 Å². The molecule has 1 atom stereocenters. The molecule has 1 aliphatic carbocycles. The molecule has 16 heavy (non-hydrogen) atoms. The Hall–Kier alpha value is -0.970. The molecule has 0 spiro atoms. The topological polar surface area (TPSA) is 55.6 Å². The molecule has 0 amide bonds. The van der Waals surface area contributed by atoms with E-state index in [0.29, 0.717) is 11.8 Å². The van der Waals surface area contributed by atoms with Gasteiger partial charge in [0.05, 0.1) is 7.05 Å². The van der Waals surface area contributed by atoms with Crippen LogP contribution in [0.2, 0.25) is 0 Å². The van der Waals surface area contributed by atoms with Crippen LogP contribution >= 0.6 is 0 Å². The van der Waals surface area contributed by atoms with Crippen LogP contribution in [0.25, 0.3) is 0 Å². The summed E-state index contributed by atoms with van der Waals surface area (Å²) in [4.78, 5) is 1.53. The molecule has 2 rings (SSSR count). The number of nitrogens with one attached hydrogen (secondary N) is 1. The lowest BCUT2D eigenvalue weighted by Gasteiger charge is -2.19. The minimum atomic E-state index is 0.602. The van der Waals surface area contributed by atoms with Crippen molar-refractivity contribution in [3.05, 3.63) is 5.82 Å². The Labute approximate surface area is 96.6 Å². The Bertz CT molecular complexity index is 329. The van der Waals surface area contributed by atoms with Crippen LogP contribution < -0.4 is 5.32 Å². The molecule has 90 valence electrons. The van der Waals surface area contributed by atoms with Gasteiger partial charge in [-0.2, -0.15) is 4.80 Å². The highest BCUT2D eigenvalue weighted by molar-refractivity contribution is 4.86. The van der Waals surface area contributed by atoms with Gasteiger partial charge in [0.2, 0.25) is 0 Å². The molecule has 1 aliphatic rings. The Kier molecular flexibility index (Phi) is 3.53. The van der Waals surface area contributed by atoms with Crippen molar-refractivity contribution in [3.8, 4) is 0 Å². The molecule has 0 aliphatic heterocycles. The second-order valence-electron chi connectivity index (χ2n) is 5.09. The number of hydrogen-bond acceptors (Lipinski definition) is 4.